The minimum atomic E-state index is -1.13. The summed E-state index contributed by atoms with van der Waals surface area (Å²) in [4.78, 5) is 23.9. The zero-order chi connectivity index (χ0) is 14.0. The highest BCUT2D eigenvalue weighted by atomic mass is 32.2. The van der Waals surface area contributed by atoms with E-state index in [-0.39, 0.29) is 10.9 Å². The fourth-order valence-corrected chi connectivity index (χ4v) is 2.69. The molecule has 2 rings (SSSR count). The molecule has 1 aromatic heterocycles. The maximum Gasteiger partial charge on any atom is 0.323 e. The molecule has 2 N–H and O–H groups in total. The molecule has 0 aromatic carbocycles. The van der Waals surface area contributed by atoms with E-state index in [2.05, 4.69) is 0 Å². The van der Waals surface area contributed by atoms with Crippen LogP contribution in [0, 0.1) is 0 Å². The van der Waals surface area contributed by atoms with Crippen LogP contribution < -0.4 is 0 Å². The molecule has 6 nitrogen and oxygen atoms in total. The van der Waals surface area contributed by atoms with Crippen molar-refractivity contribution in [1.82, 2.24) is 4.90 Å². The van der Waals surface area contributed by atoms with E-state index in [1.807, 2.05) is 0 Å². The Balaban J connectivity index is 2.20. The molecule has 0 atom stereocenters. The van der Waals surface area contributed by atoms with Gasteiger partial charge < -0.3 is 14.6 Å². The monoisotopic (exact) mass is 299 g/mol. The van der Waals surface area contributed by atoms with Gasteiger partial charge in [0.25, 0.3) is 5.91 Å². The molecule has 1 fully saturated rings. The van der Waals surface area contributed by atoms with Gasteiger partial charge in [-0.2, -0.15) is 0 Å². The molecule has 0 aliphatic carbocycles. The Hall–Kier alpha value is -1.64. The van der Waals surface area contributed by atoms with Crippen molar-refractivity contribution in [3.8, 4) is 0 Å². The zero-order valence-electron chi connectivity index (χ0n) is 9.53. The van der Waals surface area contributed by atoms with Gasteiger partial charge in [-0.1, -0.05) is 24.0 Å². The molecular formula is C11H9NO5S2. The number of rotatable bonds is 4. The van der Waals surface area contributed by atoms with Gasteiger partial charge in [-0.05, 0) is 12.1 Å². The first-order chi connectivity index (χ1) is 9.01. The van der Waals surface area contributed by atoms with Crippen molar-refractivity contribution in [2.45, 2.75) is 6.61 Å². The number of hydrogen-bond donors (Lipinski definition) is 2. The van der Waals surface area contributed by atoms with Crippen molar-refractivity contribution in [2.24, 2.45) is 0 Å². The number of carboxylic acids is 1. The summed E-state index contributed by atoms with van der Waals surface area (Å²) in [5, 5.41) is 17.6. The van der Waals surface area contributed by atoms with Crippen LogP contribution in [0.4, 0.5) is 0 Å². The number of thiocarbonyl (C=S) groups is 1. The van der Waals surface area contributed by atoms with Gasteiger partial charge in [0, 0.05) is 6.08 Å². The van der Waals surface area contributed by atoms with Crippen molar-refractivity contribution < 1.29 is 24.2 Å². The SMILES string of the molecule is O=C(O)CN1C(=O)/C(=C/c2ccc(CO)o2)SC1=S. The van der Waals surface area contributed by atoms with E-state index in [0.717, 1.165) is 16.7 Å². The van der Waals surface area contributed by atoms with Crippen molar-refractivity contribution in [3.63, 3.8) is 0 Å². The first-order valence-electron chi connectivity index (χ1n) is 5.18. The number of carbonyl (C=O) groups excluding carboxylic acids is 1. The predicted molar refractivity (Wildman–Crippen MR) is 72.1 cm³/mol. The predicted octanol–water partition coefficient (Wildman–Crippen LogP) is 1.06. The average Bonchev–Trinajstić information content (AvgIpc) is 2.90. The molecule has 1 aliphatic rings. The Morgan fingerprint density at radius 1 is 1.53 bits per heavy atom. The first kappa shape index (κ1) is 13.8. The Labute approximate surface area is 117 Å². The number of furan rings is 1. The lowest BCUT2D eigenvalue weighted by Gasteiger charge is -2.09. The van der Waals surface area contributed by atoms with Crippen LogP contribution in [0.5, 0.6) is 0 Å². The molecule has 1 saturated heterocycles. The Morgan fingerprint density at radius 3 is 2.84 bits per heavy atom. The third kappa shape index (κ3) is 3.03. The highest BCUT2D eigenvalue weighted by Gasteiger charge is 2.33. The van der Waals surface area contributed by atoms with Crippen molar-refractivity contribution in [1.29, 1.82) is 0 Å². The maximum atomic E-state index is 11.9. The third-order valence-corrected chi connectivity index (χ3v) is 3.66. The van der Waals surface area contributed by atoms with Gasteiger partial charge in [-0.15, -0.1) is 0 Å². The number of hydrogen-bond acceptors (Lipinski definition) is 6. The molecule has 1 aromatic rings. The molecular weight excluding hydrogens is 290 g/mol. The van der Waals surface area contributed by atoms with Crippen LogP contribution in [0.3, 0.4) is 0 Å². The lowest BCUT2D eigenvalue weighted by atomic mass is 10.3. The second-order valence-corrected chi connectivity index (χ2v) is 5.30. The quantitative estimate of drug-likeness (QED) is 0.634. The van der Waals surface area contributed by atoms with E-state index in [9.17, 15) is 9.59 Å². The molecule has 0 bridgehead atoms. The summed E-state index contributed by atoms with van der Waals surface area (Å²) in [6, 6.07) is 3.19. The lowest BCUT2D eigenvalue weighted by molar-refractivity contribution is -0.140. The molecule has 8 heteroatoms. The summed E-state index contributed by atoms with van der Waals surface area (Å²) in [6.07, 6.45) is 1.47. The number of aliphatic carboxylic acids is 1. The number of thioether (sulfide) groups is 1. The molecule has 19 heavy (non-hydrogen) atoms. The number of aliphatic hydroxyl groups excluding tert-OH is 1. The number of amides is 1. The van der Waals surface area contributed by atoms with Gasteiger partial charge in [0.05, 0.1) is 4.91 Å². The molecule has 0 radical (unpaired) electrons. The summed E-state index contributed by atoms with van der Waals surface area (Å²) in [5.41, 5.74) is 0. The molecule has 1 aliphatic heterocycles. The molecule has 0 spiro atoms. The second kappa shape index (κ2) is 5.55. The standard InChI is InChI=1S/C11H9NO5S2/c13-5-7-2-1-6(17-7)3-8-10(16)12(4-9(14)15)11(18)19-8/h1-3,13H,4-5H2,(H,14,15)/b8-3-. The summed E-state index contributed by atoms with van der Waals surface area (Å²) in [7, 11) is 0. The highest BCUT2D eigenvalue weighted by Crippen LogP contribution is 2.32. The molecule has 0 unspecified atom stereocenters. The highest BCUT2D eigenvalue weighted by molar-refractivity contribution is 8.26. The fourth-order valence-electron chi connectivity index (χ4n) is 1.46. The fraction of sp³-hybridized carbons (Fsp3) is 0.182. The van der Waals surface area contributed by atoms with E-state index in [1.165, 1.54) is 6.08 Å². The Bertz CT molecular complexity index is 577. The van der Waals surface area contributed by atoms with E-state index in [1.54, 1.807) is 12.1 Å². The molecule has 2 heterocycles. The summed E-state index contributed by atoms with van der Waals surface area (Å²) in [6.45, 7) is -0.685. The molecule has 0 saturated carbocycles. The van der Waals surface area contributed by atoms with Crippen molar-refractivity contribution in [3.05, 3.63) is 28.6 Å². The summed E-state index contributed by atoms with van der Waals surface area (Å²) in [5.74, 6) is -0.801. The van der Waals surface area contributed by atoms with Gasteiger partial charge in [0.2, 0.25) is 0 Å². The zero-order valence-corrected chi connectivity index (χ0v) is 11.2. The Kier molecular flexibility index (Phi) is 4.03. The van der Waals surface area contributed by atoms with E-state index >= 15 is 0 Å². The van der Waals surface area contributed by atoms with Gasteiger partial charge in [0.15, 0.2) is 0 Å². The number of carboxylic acid groups (broad SMARTS) is 1. The average molecular weight is 299 g/mol. The number of aliphatic hydroxyl groups is 1. The van der Waals surface area contributed by atoms with Crippen molar-refractivity contribution in [2.75, 3.05) is 6.54 Å². The normalized spacial score (nSPS) is 17.5. The van der Waals surface area contributed by atoms with E-state index in [4.69, 9.17) is 26.8 Å². The number of nitrogens with zero attached hydrogens (tertiary/aromatic N) is 1. The maximum absolute atomic E-state index is 11.9. The van der Waals surface area contributed by atoms with Crippen LogP contribution in [-0.2, 0) is 16.2 Å². The largest absolute Gasteiger partial charge is 0.480 e. The van der Waals surface area contributed by atoms with Crippen LogP contribution >= 0.6 is 24.0 Å². The molecule has 1 amide bonds. The van der Waals surface area contributed by atoms with Crippen LogP contribution in [0.25, 0.3) is 6.08 Å². The third-order valence-electron chi connectivity index (χ3n) is 2.28. The summed E-state index contributed by atoms with van der Waals surface area (Å²) >= 11 is 5.97. The summed E-state index contributed by atoms with van der Waals surface area (Å²) < 4.78 is 5.43. The van der Waals surface area contributed by atoms with Crippen LogP contribution in [0.1, 0.15) is 11.5 Å². The van der Waals surface area contributed by atoms with Gasteiger partial charge in [-0.25, -0.2) is 0 Å². The van der Waals surface area contributed by atoms with E-state index in [0.29, 0.717) is 16.4 Å². The van der Waals surface area contributed by atoms with Crippen molar-refractivity contribution >= 4 is 46.3 Å². The number of carbonyl (C=O) groups is 2. The first-order valence-corrected chi connectivity index (χ1v) is 6.40. The minimum Gasteiger partial charge on any atom is -0.480 e. The topological polar surface area (TPSA) is 91.0 Å². The van der Waals surface area contributed by atoms with Crippen LogP contribution in [0.15, 0.2) is 21.5 Å². The minimum absolute atomic E-state index is 0.201. The Morgan fingerprint density at radius 2 is 2.26 bits per heavy atom. The van der Waals surface area contributed by atoms with Gasteiger partial charge >= 0.3 is 5.97 Å². The van der Waals surface area contributed by atoms with Crippen LogP contribution in [0.2, 0.25) is 0 Å². The molecule has 100 valence electrons. The van der Waals surface area contributed by atoms with E-state index < -0.39 is 18.4 Å². The van der Waals surface area contributed by atoms with Crippen LogP contribution in [-0.4, -0.2) is 37.9 Å². The van der Waals surface area contributed by atoms with Gasteiger partial charge in [0.1, 0.15) is 29.0 Å². The smallest absolute Gasteiger partial charge is 0.323 e. The second-order valence-electron chi connectivity index (χ2n) is 3.62. The van der Waals surface area contributed by atoms with Gasteiger partial charge in [-0.3, -0.25) is 14.5 Å². The lowest BCUT2D eigenvalue weighted by Crippen LogP contribution is -2.33.